The maximum atomic E-state index is 11.3. The number of carbonyl (C=O) groups excluding carboxylic acids is 2. The lowest BCUT2D eigenvalue weighted by Gasteiger charge is -2.07. The van der Waals surface area contributed by atoms with Crippen molar-refractivity contribution in [2.45, 2.75) is 13.5 Å². The van der Waals surface area contributed by atoms with Gasteiger partial charge in [-0.15, -0.1) is 0 Å². The van der Waals surface area contributed by atoms with Crippen LogP contribution in [0.25, 0.3) is 0 Å². The van der Waals surface area contributed by atoms with Crippen LogP contribution in [0.4, 0.5) is 4.79 Å². The predicted molar refractivity (Wildman–Crippen MR) is 68.3 cm³/mol. The first-order valence-electron chi connectivity index (χ1n) is 5.53. The van der Waals surface area contributed by atoms with Crippen molar-refractivity contribution in [3.63, 3.8) is 0 Å². The van der Waals surface area contributed by atoms with Crippen LogP contribution in [0.1, 0.15) is 12.5 Å². The van der Waals surface area contributed by atoms with Crippen molar-refractivity contribution < 1.29 is 14.3 Å². The minimum absolute atomic E-state index is 0.139. The fourth-order valence-electron chi connectivity index (χ4n) is 1.21. The van der Waals surface area contributed by atoms with Gasteiger partial charge in [-0.1, -0.05) is 23.7 Å². The number of halogens is 1. The molecule has 0 aliphatic rings. The summed E-state index contributed by atoms with van der Waals surface area (Å²) in [7, 11) is 0. The molecule has 1 aromatic carbocycles. The number of amides is 2. The van der Waals surface area contributed by atoms with E-state index >= 15 is 0 Å². The van der Waals surface area contributed by atoms with Gasteiger partial charge in [0, 0.05) is 11.6 Å². The van der Waals surface area contributed by atoms with Crippen molar-refractivity contribution in [1.82, 2.24) is 10.6 Å². The Bertz CT molecular complexity index is 406. The summed E-state index contributed by atoms with van der Waals surface area (Å²) >= 11 is 5.74. The fourth-order valence-corrected chi connectivity index (χ4v) is 1.34. The van der Waals surface area contributed by atoms with Crippen LogP contribution in [0, 0.1) is 0 Å². The van der Waals surface area contributed by atoms with E-state index in [-0.39, 0.29) is 6.54 Å². The van der Waals surface area contributed by atoms with Crippen LogP contribution in [0.3, 0.4) is 0 Å². The van der Waals surface area contributed by atoms with Gasteiger partial charge in [0.15, 0.2) is 0 Å². The SMILES string of the molecule is CCOC(=O)CNC(=O)NCc1ccc(Cl)cc1. The second-order valence-corrected chi connectivity index (χ2v) is 3.90. The first-order valence-corrected chi connectivity index (χ1v) is 5.91. The summed E-state index contributed by atoms with van der Waals surface area (Å²) in [4.78, 5) is 22.3. The number of urea groups is 1. The zero-order valence-electron chi connectivity index (χ0n) is 10.0. The molecule has 0 heterocycles. The molecule has 0 saturated carbocycles. The zero-order valence-corrected chi connectivity index (χ0v) is 10.8. The van der Waals surface area contributed by atoms with Gasteiger partial charge in [0.05, 0.1) is 6.61 Å². The van der Waals surface area contributed by atoms with Gasteiger partial charge in [-0.05, 0) is 24.6 Å². The number of rotatable bonds is 5. The third-order valence-corrected chi connectivity index (χ3v) is 2.32. The number of carbonyl (C=O) groups is 2. The Morgan fingerprint density at radius 2 is 1.89 bits per heavy atom. The summed E-state index contributed by atoms with van der Waals surface area (Å²) in [5.41, 5.74) is 0.922. The Kier molecular flexibility index (Phi) is 6.00. The van der Waals surface area contributed by atoms with Crippen LogP contribution in [0.5, 0.6) is 0 Å². The molecular weight excluding hydrogens is 256 g/mol. The van der Waals surface area contributed by atoms with Gasteiger partial charge in [-0.25, -0.2) is 4.79 Å². The smallest absolute Gasteiger partial charge is 0.325 e. The number of benzene rings is 1. The Morgan fingerprint density at radius 1 is 1.22 bits per heavy atom. The molecule has 0 bridgehead atoms. The molecule has 1 aromatic rings. The highest BCUT2D eigenvalue weighted by atomic mass is 35.5. The molecule has 18 heavy (non-hydrogen) atoms. The van der Waals surface area contributed by atoms with Gasteiger partial charge in [-0.3, -0.25) is 4.79 Å². The predicted octanol–water partition coefficient (Wildman–Crippen LogP) is 1.70. The van der Waals surface area contributed by atoms with Crippen LogP contribution < -0.4 is 10.6 Å². The van der Waals surface area contributed by atoms with Crippen molar-refractivity contribution in [2.24, 2.45) is 0 Å². The van der Waals surface area contributed by atoms with Gasteiger partial charge in [0.1, 0.15) is 6.54 Å². The molecule has 0 atom stereocenters. The van der Waals surface area contributed by atoms with E-state index in [9.17, 15) is 9.59 Å². The lowest BCUT2D eigenvalue weighted by molar-refractivity contribution is -0.141. The van der Waals surface area contributed by atoms with Crippen LogP contribution in [0.15, 0.2) is 24.3 Å². The van der Waals surface area contributed by atoms with Crippen molar-refractivity contribution in [3.05, 3.63) is 34.9 Å². The molecule has 0 aliphatic heterocycles. The van der Waals surface area contributed by atoms with E-state index in [1.165, 1.54) is 0 Å². The normalized spacial score (nSPS) is 9.67. The largest absolute Gasteiger partial charge is 0.465 e. The standard InChI is InChI=1S/C12H15ClN2O3/c1-2-18-11(16)8-15-12(17)14-7-9-3-5-10(13)6-4-9/h3-6H,2,7-8H2,1H3,(H2,14,15,17). The molecule has 0 unspecified atom stereocenters. The zero-order chi connectivity index (χ0) is 13.4. The monoisotopic (exact) mass is 270 g/mol. The molecule has 1 rings (SSSR count). The Morgan fingerprint density at radius 3 is 2.50 bits per heavy atom. The molecule has 6 heteroatoms. The quantitative estimate of drug-likeness (QED) is 0.801. The topological polar surface area (TPSA) is 67.4 Å². The van der Waals surface area contributed by atoms with E-state index in [2.05, 4.69) is 15.4 Å². The second kappa shape index (κ2) is 7.55. The van der Waals surface area contributed by atoms with Gasteiger partial charge in [0.2, 0.25) is 0 Å². The molecule has 98 valence electrons. The van der Waals surface area contributed by atoms with E-state index in [0.29, 0.717) is 18.2 Å². The first-order chi connectivity index (χ1) is 8.61. The van der Waals surface area contributed by atoms with E-state index in [0.717, 1.165) is 5.56 Å². The highest BCUT2D eigenvalue weighted by molar-refractivity contribution is 6.30. The van der Waals surface area contributed by atoms with Crippen LogP contribution in [-0.2, 0) is 16.1 Å². The summed E-state index contributed by atoms with van der Waals surface area (Å²) < 4.78 is 4.67. The maximum absolute atomic E-state index is 11.3. The third kappa shape index (κ3) is 5.54. The highest BCUT2D eigenvalue weighted by Gasteiger charge is 2.05. The van der Waals surface area contributed by atoms with Crippen molar-refractivity contribution in [3.8, 4) is 0 Å². The van der Waals surface area contributed by atoms with Crippen molar-refractivity contribution >= 4 is 23.6 Å². The molecular formula is C12H15ClN2O3. The lowest BCUT2D eigenvalue weighted by atomic mass is 10.2. The number of hydrogen-bond acceptors (Lipinski definition) is 3. The summed E-state index contributed by atoms with van der Waals surface area (Å²) in [5.74, 6) is -0.459. The van der Waals surface area contributed by atoms with Crippen LogP contribution >= 0.6 is 11.6 Å². The molecule has 2 amide bonds. The molecule has 5 nitrogen and oxygen atoms in total. The molecule has 2 N–H and O–H groups in total. The van der Waals surface area contributed by atoms with Gasteiger partial charge < -0.3 is 15.4 Å². The highest BCUT2D eigenvalue weighted by Crippen LogP contribution is 2.08. The Labute approximate surface area is 110 Å². The minimum Gasteiger partial charge on any atom is -0.465 e. The molecule has 0 saturated heterocycles. The van der Waals surface area contributed by atoms with E-state index in [4.69, 9.17) is 11.6 Å². The van der Waals surface area contributed by atoms with E-state index in [1.807, 2.05) is 12.1 Å². The summed E-state index contributed by atoms with van der Waals surface area (Å²) in [6, 6.07) is 6.70. The average molecular weight is 271 g/mol. The van der Waals surface area contributed by atoms with Gasteiger partial charge in [0.25, 0.3) is 0 Å². The maximum Gasteiger partial charge on any atom is 0.325 e. The summed E-state index contributed by atoms with van der Waals surface area (Å²) in [6.45, 7) is 2.23. The third-order valence-electron chi connectivity index (χ3n) is 2.06. The summed E-state index contributed by atoms with van der Waals surface area (Å²) in [5, 5.41) is 5.66. The average Bonchev–Trinajstić information content (AvgIpc) is 2.36. The number of esters is 1. The van der Waals surface area contributed by atoms with E-state index in [1.54, 1.807) is 19.1 Å². The van der Waals surface area contributed by atoms with Crippen LogP contribution in [-0.4, -0.2) is 25.2 Å². The molecule has 0 radical (unpaired) electrons. The van der Waals surface area contributed by atoms with Crippen LogP contribution in [0.2, 0.25) is 5.02 Å². The molecule has 0 fully saturated rings. The molecule has 0 aromatic heterocycles. The van der Waals surface area contributed by atoms with Crippen molar-refractivity contribution in [2.75, 3.05) is 13.2 Å². The van der Waals surface area contributed by atoms with Crippen molar-refractivity contribution in [1.29, 1.82) is 0 Å². The molecule has 0 spiro atoms. The van der Waals surface area contributed by atoms with Gasteiger partial charge >= 0.3 is 12.0 Å². The number of ether oxygens (including phenoxy) is 1. The Balaban J connectivity index is 2.24. The van der Waals surface area contributed by atoms with Gasteiger partial charge in [-0.2, -0.15) is 0 Å². The number of hydrogen-bond donors (Lipinski definition) is 2. The minimum atomic E-state index is -0.459. The fraction of sp³-hybridized carbons (Fsp3) is 0.333. The lowest BCUT2D eigenvalue weighted by Crippen LogP contribution is -2.38. The number of nitrogens with one attached hydrogen (secondary N) is 2. The Hall–Kier alpha value is -1.75. The van der Waals surface area contributed by atoms with E-state index < -0.39 is 12.0 Å². The molecule has 0 aliphatic carbocycles. The second-order valence-electron chi connectivity index (χ2n) is 3.47. The first kappa shape index (κ1) is 14.3. The summed E-state index contributed by atoms with van der Waals surface area (Å²) in [6.07, 6.45) is 0.